The summed E-state index contributed by atoms with van der Waals surface area (Å²) in [7, 11) is 0. The summed E-state index contributed by atoms with van der Waals surface area (Å²) in [6.45, 7) is 4.43. The lowest BCUT2D eigenvalue weighted by Gasteiger charge is -2.29. The fourth-order valence-corrected chi connectivity index (χ4v) is 15.9. The van der Waals surface area contributed by atoms with E-state index in [0.717, 1.165) is 34.0 Å². The second-order valence-corrected chi connectivity index (χ2v) is 26.8. The average molecular weight is 1280 g/mol. The van der Waals surface area contributed by atoms with E-state index in [9.17, 15) is 39.3 Å². The Morgan fingerprint density at radius 3 is 2.08 bits per heavy atom. The van der Waals surface area contributed by atoms with Gasteiger partial charge in [0.15, 0.2) is 0 Å². The number of amides is 6. The first-order valence-corrected chi connectivity index (χ1v) is 32.7. The van der Waals surface area contributed by atoms with Gasteiger partial charge < -0.3 is 52.5 Å². The van der Waals surface area contributed by atoms with E-state index in [1.807, 2.05) is 17.7 Å². The van der Waals surface area contributed by atoms with E-state index in [-0.39, 0.29) is 63.5 Å². The van der Waals surface area contributed by atoms with Crippen molar-refractivity contribution in [2.45, 2.75) is 81.9 Å². The van der Waals surface area contributed by atoms with E-state index in [1.54, 1.807) is 77.2 Å². The molecule has 2 fully saturated rings. The minimum absolute atomic E-state index is 0.000729. The van der Waals surface area contributed by atoms with Crippen LogP contribution in [0.1, 0.15) is 123 Å². The summed E-state index contributed by atoms with van der Waals surface area (Å²) < 4.78 is 0. The fraction of sp³-hybridized carbons (Fsp3) is 0.293. The Morgan fingerprint density at radius 1 is 0.678 bits per heavy atom. The Bertz CT molecular complexity index is 4080. The number of aryl methyl sites for hydroxylation is 1. The summed E-state index contributed by atoms with van der Waals surface area (Å²) in [5.41, 5.74) is 15.2. The number of nitrogens with two attached hydrogens (primary N) is 2. The third-order valence-electron chi connectivity index (χ3n) is 15.3. The number of nitrogens with one attached hydrogen (secondary N) is 3. The number of likely N-dealkylation sites (tertiary alicyclic amines) is 1. The van der Waals surface area contributed by atoms with Gasteiger partial charge in [-0.2, -0.15) is 0 Å². The Morgan fingerprint density at radius 2 is 1.32 bits per heavy atom. The number of rotatable bonds is 8. The molecule has 10 heterocycles. The molecule has 7 atom stereocenters. The van der Waals surface area contributed by atoms with Gasteiger partial charge >= 0.3 is 0 Å². The van der Waals surface area contributed by atoms with Crippen molar-refractivity contribution in [3.8, 4) is 49.1 Å². The number of benzene rings is 2. The molecule has 446 valence electrons. The summed E-state index contributed by atoms with van der Waals surface area (Å²) in [5, 5.41) is 52.8. The number of aliphatic hydroxyl groups excluding tert-OH is 2. The zero-order valence-electron chi connectivity index (χ0n) is 46.2. The van der Waals surface area contributed by atoms with E-state index >= 15 is 4.79 Å². The zero-order chi connectivity index (χ0) is 60.8. The number of nitrogens with zero attached hydrogens (tertiary/aromatic N) is 9. The van der Waals surface area contributed by atoms with E-state index in [1.165, 1.54) is 56.4 Å². The number of fused-ring (bicyclic) bond motifs is 16. The van der Waals surface area contributed by atoms with Gasteiger partial charge in [-0.05, 0) is 55.2 Å². The highest BCUT2D eigenvalue weighted by atomic mass is 32.1. The Labute approximate surface area is 520 Å². The minimum Gasteiger partial charge on any atom is -0.508 e. The van der Waals surface area contributed by atoms with Crippen molar-refractivity contribution in [2.75, 3.05) is 19.6 Å². The van der Waals surface area contributed by atoms with Crippen LogP contribution in [0.15, 0.2) is 93.6 Å². The first kappa shape index (κ1) is 59.2. The summed E-state index contributed by atoms with van der Waals surface area (Å²) in [6, 6.07) is 14.0. The molecule has 2 aromatic carbocycles. The van der Waals surface area contributed by atoms with E-state index < -0.39 is 78.2 Å². The van der Waals surface area contributed by atoms with Crippen molar-refractivity contribution in [1.82, 2.24) is 60.6 Å². The number of phenols is 1. The molecule has 0 unspecified atom stereocenters. The highest BCUT2D eigenvalue weighted by Crippen LogP contribution is 2.43. The Hall–Kier alpha value is -8.13. The first-order valence-electron chi connectivity index (χ1n) is 27.4. The van der Waals surface area contributed by atoms with Gasteiger partial charge in [-0.3, -0.25) is 28.8 Å². The maximum absolute atomic E-state index is 15.2. The van der Waals surface area contributed by atoms with Crippen LogP contribution in [0.4, 0.5) is 0 Å². The Kier molecular flexibility index (Phi) is 17.0. The number of carbonyl (C=O) groups is 6. The van der Waals surface area contributed by atoms with Crippen LogP contribution in [0, 0.1) is 12.8 Å². The lowest BCUT2D eigenvalue weighted by atomic mass is 10.00. The molecule has 23 nitrogen and oxygen atoms in total. The SMILES string of the molecule is Cc1sc2nc1C(=O)N[C@@H]([C@H](O)c1ccccc1)c1nc(cs1)C(=O)N[C@@H](Cc1ccc(O)cc1)C(=O)N1C[C@H](O)[C@H](C)[C@@H]1c1nc(cs1)-c1nc(cs1)-c1nc(-c3nc(C(=O)N4CCC(N)CC4)cs3)ccc1-c1nc(cs1)C(=O)N[C@H]2CC(N)=O. The van der Waals surface area contributed by atoms with Gasteiger partial charge in [0.05, 0.1) is 30.3 Å². The van der Waals surface area contributed by atoms with Crippen LogP contribution < -0.4 is 27.4 Å². The highest BCUT2D eigenvalue weighted by Gasteiger charge is 2.45. The topological polar surface area (TPSA) is 348 Å². The van der Waals surface area contributed by atoms with Crippen molar-refractivity contribution in [3.63, 3.8) is 0 Å². The second-order valence-electron chi connectivity index (χ2n) is 21.2. The molecule has 0 spiro atoms. The molecule has 9 aromatic rings. The molecule has 10 bridgehead atoms. The highest BCUT2D eigenvalue weighted by molar-refractivity contribution is 7.15. The minimum atomic E-state index is -1.41. The van der Waals surface area contributed by atoms with Crippen molar-refractivity contribution in [2.24, 2.45) is 17.4 Å². The number of piperidine rings is 1. The maximum Gasteiger partial charge on any atom is 0.273 e. The number of primary amides is 1. The predicted molar refractivity (Wildman–Crippen MR) is 329 cm³/mol. The van der Waals surface area contributed by atoms with Crippen molar-refractivity contribution < 1.29 is 44.1 Å². The third-order valence-corrected chi connectivity index (χ3v) is 20.8. The number of aromatic nitrogens is 7. The molecule has 6 amide bonds. The van der Waals surface area contributed by atoms with Crippen molar-refractivity contribution in [1.29, 1.82) is 0 Å². The van der Waals surface area contributed by atoms with Crippen LogP contribution in [0.5, 0.6) is 5.75 Å². The van der Waals surface area contributed by atoms with Gasteiger partial charge in [0.25, 0.3) is 23.6 Å². The summed E-state index contributed by atoms with van der Waals surface area (Å²) in [4.78, 5) is 122. The molecule has 3 aliphatic heterocycles. The predicted octanol–water partition coefficient (Wildman–Crippen LogP) is 6.85. The van der Waals surface area contributed by atoms with E-state index in [2.05, 4.69) is 25.9 Å². The molecule has 0 aliphatic carbocycles. The van der Waals surface area contributed by atoms with Crippen molar-refractivity contribution >= 4 is 103 Å². The van der Waals surface area contributed by atoms with Gasteiger partial charge in [-0.15, -0.1) is 68.0 Å². The smallest absolute Gasteiger partial charge is 0.273 e. The molecule has 0 radical (unpaired) electrons. The molecule has 3 aliphatic rings. The largest absolute Gasteiger partial charge is 0.508 e. The lowest BCUT2D eigenvalue weighted by Crippen LogP contribution is -2.50. The van der Waals surface area contributed by atoms with Gasteiger partial charge in [0, 0.05) is 75.4 Å². The number of pyridine rings is 1. The summed E-state index contributed by atoms with van der Waals surface area (Å²) in [6.07, 6.45) is -1.41. The average Bonchev–Trinajstić information content (AvgIpc) is 3.27. The quantitative estimate of drug-likeness (QED) is 0.0770. The van der Waals surface area contributed by atoms with Gasteiger partial charge in [-0.1, -0.05) is 49.4 Å². The molecule has 29 heteroatoms. The number of hydrogen-bond donors (Lipinski definition) is 8. The van der Waals surface area contributed by atoms with Crippen molar-refractivity contribution in [3.05, 3.63) is 147 Å². The first-order chi connectivity index (χ1) is 41.9. The molecule has 0 saturated carbocycles. The summed E-state index contributed by atoms with van der Waals surface area (Å²) in [5.74, 6) is -4.16. The fourth-order valence-electron chi connectivity index (χ4n) is 10.6. The van der Waals surface area contributed by atoms with Crippen LogP contribution in [0.2, 0.25) is 0 Å². The molecule has 7 aromatic heterocycles. The third kappa shape index (κ3) is 12.4. The van der Waals surface area contributed by atoms with E-state index in [0.29, 0.717) is 90.3 Å². The summed E-state index contributed by atoms with van der Waals surface area (Å²) >= 11 is 7.04. The molecular formula is C58H54N14O9S6. The van der Waals surface area contributed by atoms with Gasteiger partial charge in [0.1, 0.15) is 93.8 Å². The maximum atomic E-state index is 15.2. The van der Waals surface area contributed by atoms with E-state index in [4.69, 9.17) is 36.4 Å². The number of thiazole rings is 6. The van der Waals surface area contributed by atoms with Gasteiger partial charge in [-0.25, -0.2) is 34.9 Å². The monoisotopic (exact) mass is 1280 g/mol. The van der Waals surface area contributed by atoms with Crippen LogP contribution >= 0.6 is 68.0 Å². The van der Waals surface area contributed by atoms with Crippen LogP contribution in [0.3, 0.4) is 0 Å². The standard InChI is InChI=1S/C58H54N14O9S6/c1-26-41(74)20-72-46(26)56-67-39(24-86-56)53-64-36(21-83-53)44-32(12-13-33(61-44)52-68-40(25-84-52)57(80)71-16-14-30(59)15-17-71)51-65-37(22-82-51)48(77)62-34(19-42(60)75)54-70-43(27(2)87-54)50(79)69-45(47(76)29-6-4-3-5-7-29)55-66-38(23-85-55)49(78)63-35(58(72)81)18-28-8-10-31(73)11-9-28/h3-13,21-26,30,34-35,41,45-47,73-74,76H,14-20,59H2,1-2H3,(H2,60,75)(H,62,77)(H,63,78)(H,69,79)/t26-,34-,35-,41-,45-,46+,47+/m0/s1. The number of aromatic hydroxyl groups is 1. The second kappa shape index (κ2) is 24.9. The normalized spacial score (nSPS) is 20.7. The number of aliphatic hydroxyl groups is 2. The number of phenolic OH excluding ortho intramolecular Hbond substituents is 1. The van der Waals surface area contributed by atoms with Crippen LogP contribution in [0.25, 0.3) is 43.4 Å². The molecular weight excluding hydrogens is 1230 g/mol. The molecule has 2 saturated heterocycles. The van der Waals surface area contributed by atoms with Crippen LogP contribution in [-0.4, -0.2) is 133 Å². The zero-order valence-corrected chi connectivity index (χ0v) is 51.1. The molecule has 10 N–H and O–H groups in total. The number of hydrogen-bond acceptors (Lipinski definition) is 23. The Balaban J connectivity index is 0.948. The molecule has 87 heavy (non-hydrogen) atoms. The van der Waals surface area contributed by atoms with Gasteiger partial charge in [0.2, 0.25) is 11.8 Å². The lowest BCUT2D eigenvalue weighted by molar-refractivity contribution is -0.134. The molecule has 12 rings (SSSR count). The number of carbonyl (C=O) groups excluding carboxylic acids is 6. The van der Waals surface area contributed by atoms with Crippen LogP contribution in [-0.2, 0) is 16.0 Å².